The minimum Gasteiger partial charge on any atom is -0.231 e. The van der Waals surface area contributed by atoms with Crippen LogP contribution in [0, 0.1) is 71.0 Å². The van der Waals surface area contributed by atoms with Crippen LogP contribution in [0.15, 0.2) is 108 Å². The molecule has 0 spiro atoms. The van der Waals surface area contributed by atoms with Crippen molar-refractivity contribution in [1.29, 1.82) is 0 Å². The zero-order chi connectivity index (χ0) is 48.3. The van der Waals surface area contributed by atoms with Crippen LogP contribution in [0.25, 0.3) is 0 Å². The van der Waals surface area contributed by atoms with Gasteiger partial charge < -0.3 is 0 Å². The highest BCUT2D eigenvalue weighted by Crippen LogP contribution is 2.65. The van der Waals surface area contributed by atoms with E-state index in [9.17, 15) is 0 Å². The summed E-state index contributed by atoms with van der Waals surface area (Å²) < 4.78 is 10.7. The summed E-state index contributed by atoms with van der Waals surface area (Å²) in [5, 5.41) is 0. The molecule has 0 aliphatic carbocycles. The number of rotatable bonds is 16. The SMILES string of the molecule is CCCCSC1=C(SCCCC)SC(=C2SC3=C(C#Cc4cccc(n4)C#CC4=C(C#Cc5cccc(n5)C#CC#Cc5cccc(n5)C#C3)SC(=C3SC(SCCCC)=C(SCCCC)S3)S4)S2)S1. The van der Waals surface area contributed by atoms with E-state index in [2.05, 4.69) is 98.7 Å². The van der Waals surface area contributed by atoms with Gasteiger partial charge in [-0.05, 0) is 132 Å². The summed E-state index contributed by atoms with van der Waals surface area (Å²) in [5.41, 5.74) is 3.74. The van der Waals surface area contributed by atoms with E-state index in [4.69, 9.17) is 15.0 Å². The Morgan fingerprint density at radius 3 is 0.829 bits per heavy atom. The Labute approximate surface area is 466 Å². The van der Waals surface area contributed by atoms with Crippen molar-refractivity contribution >= 4 is 141 Å². The first-order valence-corrected chi connectivity index (χ1v) is 33.4. The van der Waals surface area contributed by atoms with E-state index in [0.717, 1.165) is 42.6 Å². The second-order valence-corrected chi connectivity index (χ2v) is 29.6. The molecule has 5 aliphatic heterocycles. The third kappa shape index (κ3) is 16.0. The van der Waals surface area contributed by atoms with Gasteiger partial charge in [0.15, 0.2) is 0 Å². The van der Waals surface area contributed by atoms with Gasteiger partial charge in [-0.1, -0.05) is 189 Å². The molecule has 0 aromatic carbocycles. The molecule has 0 atom stereocenters. The molecule has 0 N–H and O–H groups in total. The number of unbranched alkanes of at least 4 members (excludes halogenated alkanes) is 4. The van der Waals surface area contributed by atoms with E-state index in [1.54, 1.807) is 47.0 Å². The van der Waals surface area contributed by atoms with E-state index in [-0.39, 0.29) is 0 Å². The molecular formula is C55H45N3S12. The molecule has 0 unspecified atom stereocenters. The number of fused-ring (bicyclic) bond motifs is 6. The average molecular weight is 1130 g/mol. The summed E-state index contributed by atoms with van der Waals surface area (Å²) in [5.74, 6) is 44.0. The molecule has 6 bridgehead atoms. The highest BCUT2D eigenvalue weighted by molar-refractivity contribution is 8.43. The van der Waals surface area contributed by atoms with Crippen molar-refractivity contribution in [1.82, 2.24) is 15.0 Å². The number of pyridine rings is 3. The van der Waals surface area contributed by atoms with Crippen molar-refractivity contribution in [2.75, 3.05) is 23.0 Å². The number of hydrogen-bond acceptors (Lipinski definition) is 15. The molecule has 0 saturated carbocycles. The van der Waals surface area contributed by atoms with Crippen LogP contribution < -0.4 is 0 Å². The van der Waals surface area contributed by atoms with Gasteiger partial charge in [0.1, 0.15) is 34.2 Å². The standard InChI is InChI=1S/C55H45N3S12/c1-5-9-34-59-48-49(60-35-10-6-2)68-54(67-48)52-63-44-30-26-40-22-15-20-38(56-40)18-13-14-19-39-21-16-23-41(57-39)27-31-45-47(33-29-43-25-17-24-42(58-43)28-32-46(44)65-52)66-53(64-45)55-69-50(61-36-11-7-3)51(70-55)62-37-12-8-4/h15-17,20-25H,5-12,34-37H2,1-4H3. The number of hydrogen-bond donors (Lipinski definition) is 0. The molecule has 0 saturated heterocycles. The second-order valence-electron chi connectivity index (χ2n) is 15.0. The van der Waals surface area contributed by atoms with Crippen LogP contribution in [-0.4, -0.2) is 38.0 Å². The average Bonchev–Trinajstić information content (AvgIpc) is 4.19. The second kappa shape index (κ2) is 28.8. The van der Waals surface area contributed by atoms with Gasteiger partial charge in [-0.2, -0.15) is 0 Å². The predicted molar refractivity (Wildman–Crippen MR) is 326 cm³/mol. The van der Waals surface area contributed by atoms with Gasteiger partial charge in [0, 0.05) is 0 Å². The van der Waals surface area contributed by atoms with Crippen LogP contribution in [0.2, 0.25) is 0 Å². The maximum Gasteiger partial charge on any atom is 0.115 e. The maximum atomic E-state index is 4.94. The largest absolute Gasteiger partial charge is 0.231 e. The molecule has 5 aliphatic rings. The summed E-state index contributed by atoms with van der Waals surface area (Å²) in [6, 6.07) is 17.3. The molecule has 15 heteroatoms. The predicted octanol–water partition coefficient (Wildman–Crippen LogP) is 17.4. The molecule has 3 aromatic heterocycles. The Bertz CT molecular complexity index is 2850. The van der Waals surface area contributed by atoms with Gasteiger partial charge in [-0.3, -0.25) is 0 Å². The first-order chi connectivity index (χ1) is 34.5. The zero-order valence-corrected chi connectivity index (χ0v) is 48.7. The zero-order valence-electron chi connectivity index (χ0n) is 38.9. The van der Waals surface area contributed by atoms with Gasteiger partial charge >= 0.3 is 0 Å². The topological polar surface area (TPSA) is 38.7 Å². The molecule has 3 nitrogen and oxygen atoms in total. The van der Waals surface area contributed by atoms with Crippen molar-refractivity contribution in [2.24, 2.45) is 0 Å². The van der Waals surface area contributed by atoms with Crippen molar-refractivity contribution in [3.8, 4) is 71.0 Å². The van der Waals surface area contributed by atoms with Gasteiger partial charge in [0.05, 0.1) is 53.5 Å². The number of nitrogens with zero attached hydrogens (tertiary/aromatic N) is 3. The fraction of sp³-hybridized carbons (Fsp3) is 0.291. The van der Waals surface area contributed by atoms with E-state index in [1.807, 2.05) is 149 Å². The number of allylic oxidation sites excluding steroid dienone is 4. The molecule has 0 amide bonds. The Kier molecular flexibility index (Phi) is 22.1. The van der Waals surface area contributed by atoms with Crippen LogP contribution in [0.4, 0.5) is 0 Å². The first kappa shape index (κ1) is 53.7. The summed E-state index contributed by atoms with van der Waals surface area (Å²) in [7, 11) is 0. The summed E-state index contributed by atoms with van der Waals surface area (Å²) in [6.45, 7) is 9.04. The van der Waals surface area contributed by atoms with E-state index in [1.165, 1.54) is 85.3 Å². The third-order valence-electron chi connectivity index (χ3n) is 9.43. The summed E-state index contributed by atoms with van der Waals surface area (Å²) >= 11 is 22.5. The molecule has 0 radical (unpaired) electrons. The molecule has 352 valence electrons. The van der Waals surface area contributed by atoms with Crippen molar-refractivity contribution in [3.63, 3.8) is 0 Å². The minimum absolute atomic E-state index is 0.595. The van der Waals surface area contributed by atoms with Crippen molar-refractivity contribution in [2.45, 2.75) is 79.1 Å². The lowest BCUT2D eigenvalue weighted by atomic mass is 10.3. The molecule has 8 rings (SSSR count). The van der Waals surface area contributed by atoms with E-state index >= 15 is 0 Å². The Morgan fingerprint density at radius 1 is 0.329 bits per heavy atom. The normalized spacial score (nSPS) is 16.1. The summed E-state index contributed by atoms with van der Waals surface area (Å²) in [4.78, 5) is 18.1. The maximum absolute atomic E-state index is 4.94. The van der Waals surface area contributed by atoms with Crippen LogP contribution in [0.1, 0.15) is 113 Å². The third-order valence-corrected chi connectivity index (χ3v) is 26.7. The highest BCUT2D eigenvalue weighted by atomic mass is 32.3. The smallest absolute Gasteiger partial charge is 0.115 e. The van der Waals surface area contributed by atoms with Gasteiger partial charge in [-0.15, -0.1) is 47.0 Å². The van der Waals surface area contributed by atoms with Gasteiger partial charge in [-0.25, -0.2) is 15.0 Å². The lowest BCUT2D eigenvalue weighted by molar-refractivity contribution is 0.897. The number of thioether (sulfide) groups is 12. The minimum atomic E-state index is 0.595. The summed E-state index contributed by atoms with van der Waals surface area (Å²) in [6.07, 6.45) is 9.63. The Hall–Kier alpha value is -2.55. The number of aromatic nitrogens is 3. The van der Waals surface area contributed by atoms with E-state index in [0.29, 0.717) is 34.2 Å². The monoisotopic (exact) mass is 1130 g/mol. The molecule has 0 fully saturated rings. The molecule has 70 heavy (non-hydrogen) atoms. The van der Waals surface area contributed by atoms with E-state index < -0.39 is 0 Å². The quantitative estimate of drug-likeness (QED) is 0.101. The van der Waals surface area contributed by atoms with Crippen molar-refractivity contribution in [3.05, 3.63) is 142 Å². The van der Waals surface area contributed by atoms with Crippen LogP contribution in [0.5, 0.6) is 0 Å². The lowest BCUT2D eigenvalue weighted by Crippen LogP contribution is -1.87. The van der Waals surface area contributed by atoms with Crippen LogP contribution in [0.3, 0.4) is 0 Å². The highest BCUT2D eigenvalue weighted by Gasteiger charge is 2.31. The first-order valence-electron chi connectivity index (χ1n) is 22.9. The Balaban J connectivity index is 1.14. The Morgan fingerprint density at radius 2 is 0.571 bits per heavy atom. The fourth-order valence-corrected chi connectivity index (χ4v) is 23.3. The van der Waals surface area contributed by atoms with Gasteiger partial charge in [0.25, 0.3) is 0 Å². The molecular weight excluding hydrogens is 1090 g/mol. The van der Waals surface area contributed by atoms with Crippen LogP contribution >= 0.6 is 141 Å². The molecule has 3 aromatic rings. The molecule has 8 heterocycles. The van der Waals surface area contributed by atoms with Crippen molar-refractivity contribution < 1.29 is 0 Å². The lowest BCUT2D eigenvalue weighted by Gasteiger charge is -2.03. The fourth-order valence-electron chi connectivity index (χ4n) is 5.79. The van der Waals surface area contributed by atoms with Gasteiger partial charge in [0.2, 0.25) is 0 Å². The van der Waals surface area contributed by atoms with Crippen LogP contribution in [-0.2, 0) is 0 Å².